The number of carbonyl (C=O) groups excluding carboxylic acids is 11. The molecule has 3 aromatic heterocycles. The zero-order chi connectivity index (χ0) is 73.4. The van der Waals surface area contributed by atoms with Crippen LogP contribution in [0.5, 0.6) is 0 Å². The number of benzene rings is 3. The van der Waals surface area contributed by atoms with E-state index in [4.69, 9.17) is 9.47 Å². The summed E-state index contributed by atoms with van der Waals surface area (Å²) in [4.78, 5) is 143. The molecule has 3 aliphatic rings. The molecule has 3 aromatic carbocycles. The number of nitrogens with one attached hydrogen (secondary N) is 7. The Balaban J connectivity index is 0.000000209. The highest BCUT2D eigenvalue weighted by atomic mass is 19.1. The van der Waals surface area contributed by atoms with Crippen LogP contribution in [0.15, 0.2) is 54.6 Å². The number of ketones is 3. The number of carbonyl (C=O) groups is 11. The second kappa shape index (κ2) is 32.1. The first-order valence-electron chi connectivity index (χ1n) is 32.5. The minimum atomic E-state index is -1.26. The number of hydrogen-bond acceptors (Lipinski definition) is 13. The van der Waals surface area contributed by atoms with Crippen molar-refractivity contribution in [2.45, 2.75) is 139 Å². The number of Topliss-reactive ketones (excluding diaryl/α,β-unsaturated/α-hetero) is 3. The van der Waals surface area contributed by atoms with Crippen molar-refractivity contribution in [2.75, 3.05) is 56.0 Å². The van der Waals surface area contributed by atoms with Crippen molar-refractivity contribution in [3.8, 4) is 0 Å². The van der Waals surface area contributed by atoms with Crippen molar-refractivity contribution in [3.05, 3.63) is 156 Å². The summed E-state index contributed by atoms with van der Waals surface area (Å²) in [6.45, 7) is 22.4. The van der Waals surface area contributed by atoms with E-state index in [1.165, 1.54) is 63.7 Å². The Bertz CT molecular complexity index is 4210. The number of aromatic nitrogens is 3. The summed E-state index contributed by atoms with van der Waals surface area (Å²) in [5.74, 6) is -7.40. The van der Waals surface area contributed by atoms with Gasteiger partial charge in [0.25, 0.3) is 52.8 Å². The molecule has 7 N–H and O–H groups in total. The van der Waals surface area contributed by atoms with Crippen LogP contribution in [0.4, 0.5) is 30.2 Å². The Hall–Kier alpha value is -10.0. The fourth-order valence-corrected chi connectivity index (χ4v) is 12.5. The van der Waals surface area contributed by atoms with E-state index >= 15 is 0 Å². The average molecular weight is 1370 g/mol. The Kier molecular flexibility index (Phi) is 24.8. The van der Waals surface area contributed by atoms with Gasteiger partial charge >= 0.3 is 0 Å². The second-order valence-electron chi connectivity index (χ2n) is 26.0. The lowest BCUT2D eigenvalue weighted by Gasteiger charge is -2.36. The Morgan fingerprint density at radius 1 is 0.525 bits per heavy atom. The number of ether oxygens (including phenoxy) is 2. The molecule has 8 amide bonds. The van der Waals surface area contributed by atoms with Crippen molar-refractivity contribution in [2.24, 2.45) is 27.1 Å². The van der Waals surface area contributed by atoms with Crippen LogP contribution in [-0.4, -0.2) is 147 Å². The van der Waals surface area contributed by atoms with E-state index in [0.29, 0.717) is 105 Å². The van der Waals surface area contributed by atoms with Gasteiger partial charge in [-0.2, -0.15) is 0 Å². The first-order chi connectivity index (χ1) is 46.5. The fraction of sp³-hybridized carbons (Fsp3) is 0.431. The molecule has 0 bridgehead atoms. The van der Waals surface area contributed by atoms with E-state index in [1.807, 2.05) is 20.8 Å². The molecule has 3 atom stereocenters. The van der Waals surface area contributed by atoms with Crippen LogP contribution in [0.2, 0.25) is 0 Å². The Labute approximate surface area is 572 Å². The van der Waals surface area contributed by atoms with Crippen molar-refractivity contribution < 1.29 is 75.4 Å². The summed E-state index contributed by atoms with van der Waals surface area (Å²) in [6.07, 6.45) is 1.93. The average Bonchev–Trinajstić information content (AvgIpc) is 1.66. The van der Waals surface area contributed by atoms with Gasteiger partial charge in [0.05, 0.1) is 46.4 Å². The largest absolute Gasteiger partial charge is 0.381 e. The van der Waals surface area contributed by atoms with Crippen molar-refractivity contribution in [3.63, 3.8) is 0 Å². The molecule has 3 unspecified atom stereocenters. The molecular formula is C72H88F3N11O13. The molecule has 530 valence electrons. The maximum absolute atomic E-state index is 13.6. The summed E-state index contributed by atoms with van der Waals surface area (Å²) < 4.78 is 56.0. The van der Waals surface area contributed by atoms with Crippen LogP contribution in [0, 0.1) is 85.7 Å². The number of piperidine rings is 1. The molecule has 3 fully saturated rings. The third-order valence-corrected chi connectivity index (χ3v) is 18.3. The molecular weight excluding hydrogens is 1280 g/mol. The number of aryl methyl sites for hydroxylation is 3. The number of likely N-dealkylation sites (tertiary alicyclic amines) is 1. The third kappa shape index (κ3) is 17.5. The molecule has 0 spiro atoms. The molecule has 0 radical (unpaired) electrons. The number of halogens is 3. The van der Waals surface area contributed by atoms with Gasteiger partial charge in [-0.25, -0.2) is 13.2 Å². The highest BCUT2D eigenvalue weighted by molar-refractivity contribution is 6.44. The predicted molar refractivity (Wildman–Crippen MR) is 364 cm³/mol. The van der Waals surface area contributed by atoms with Crippen molar-refractivity contribution >= 4 is 81.7 Å². The molecule has 0 saturated carbocycles. The Morgan fingerprint density at radius 2 is 0.899 bits per heavy atom. The molecule has 99 heavy (non-hydrogen) atoms. The normalized spacial score (nSPS) is 16.4. The van der Waals surface area contributed by atoms with E-state index in [9.17, 15) is 65.9 Å². The van der Waals surface area contributed by atoms with Gasteiger partial charge in [0, 0.05) is 120 Å². The zero-order valence-corrected chi connectivity index (χ0v) is 58.8. The second-order valence-corrected chi connectivity index (χ2v) is 26.0. The van der Waals surface area contributed by atoms with Gasteiger partial charge in [-0.3, -0.25) is 52.7 Å². The number of anilines is 3. The van der Waals surface area contributed by atoms with Crippen LogP contribution in [0.1, 0.15) is 166 Å². The fourth-order valence-electron chi connectivity index (χ4n) is 12.5. The van der Waals surface area contributed by atoms with Crippen LogP contribution in [-0.2, 0) is 54.6 Å². The zero-order valence-electron chi connectivity index (χ0n) is 58.8. The SMILES string of the molecule is Cc1cc(NC(=O)c2c(C)c(C(=O)C(=O)NC3(C(=O)NC(C)C)CCOCC3)n(C)c2C)ccc1F.Cc1cc(NC(=O)c2c(C)c(C(=O)C(=O)NC3CCN(C)C(=O)C3)n(C)c2C)ccc1F.Cc1cc(NC(=O)c2c(C)c(C(=O)C(=O)NC3COCC(C)C3)n(C)c2C)ccc1F. The lowest BCUT2D eigenvalue weighted by molar-refractivity contribution is -0.136. The van der Waals surface area contributed by atoms with E-state index in [2.05, 4.69) is 37.2 Å². The van der Waals surface area contributed by atoms with Gasteiger partial charge in [-0.05, 0) is 183 Å². The highest BCUT2D eigenvalue weighted by Gasteiger charge is 2.44. The van der Waals surface area contributed by atoms with Crippen LogP contribution in [0.25, 0.3) is 0 Å². The molecule has 3 saturated heterocycles. The molecule has 3 aliphatic heterocycles. The van der Waals surface area contributed by atoms with Crippen LogP contribution in [0.3, 0.4) is 0 Å². The quantitative estimate of drug-likeness (QED) is 0.0336. The molecule has 9 rings (SSSR count). The van der Waals surface area contributed by atoms with Crippen molar-refractivity contribution in [1.29, 1.82) is 0 Å². The summed E-state index contributed by atoms with van der Waals surface area (Å²) in [5.41, 5.74) is 5.06. The summed E-state index contributed by atoms with van der Waals surface area (Å²) in [6, 6.07) is 12.0. The maximum atomic E-state index is 13.6. The molecule has 27 heteroatoms. The Morgan fingerprint density at radius 3 is 1.25 bits per heavy atom. The third-order valence-electron chi connectivity index (χ3n) is 18.3. The molecule has 24 nitrogen and oxygen atoms in total. The standard InChI is InChI=1S/C26H33FN4O5.C23H27FN4O4.C23H28FN3O4/c1-14(2)28-25(35)26(9-11-36-12-10-26)30-24(34)22(32)21-16(4)20(17(5)31(21)6)23(33)29-18-7-8-19(27)15(3)13-18;1-12-10-15(6-7-17(12)24)25-22(31)19-13(2)20(28(5)14(19)3)21(30)23(32)26-16-8-9-27(4)18(29)11-16;1-12-8-17(11-31-10-12)26-23(30)21(28)20-14(3)19(15(4)27(20)5)22(29)25-16-6-7-18(24)13(2)9-16/h7-8,13-14H,9-12H2,1-6H3,(H,28,35)(H,29,33)(H,30,34);6-7,10,16H,8-9,11H2,1-5H3,(H,25,31)(H,26,32);6-7,9,12,17H,8,10-11H2,1-5H3,(H,25,29)(H,26,30). The van der Waals surface area contributed by atoms with Gasteiger partial charge in [0.15, 0.2) is 0 Å². The van der Waals surface area contributed by atoms with Gasteiger partial charge in [0.2, 0.25) is 11.8 Å². The number of hydrogen-bond donors (Lipinski definition) is 7. The molecule has 6 heterocycles. The van der Waals surface area contributed by atoms with E-state index < -0.39 is 64.4 Å². The number of nitrogens with zero attached hydrogens (tertiary/aromatic N) is 4. The molecule has 6 aromatic rings. The summed E-state index contributed by atoms with van der Waals surface area (Å²) in [7, 11) is 6.55. The summed E-state index contributed by atoms with van der Waals surface area (Å²) in [5, 5.41) is 19.1. The number of rotatable bonds is 17. The smallest absolute Gasteiger partial charge is 0.294 e. The van der Waals surface area contributed by atoms with Crippen molar-refractivity contribution in [1.82, 2.24) is 39.9 Å². The topological polar surface area (TPSA) is 308 Å². The predicted octanol–water partition coefficient (Wildman–Crippen LogP) is 8.04. The van der Waals surface area contributed by atoms with Crippen LogP contribution >= 0.6 is 0 Å². The monoisotopic (exact) mass is 1370 g/mol. The first kappa shape index (κ1) is 76.3. The maximum Gasteiger partial charge on any atom is 0.294 e. The van der Waals surface area contributed by atoms with E-state index in [0.717, 1.165) is 6.42 Å². The number of amides is 8. The lowest BCUT2D eigenvalue weighted by atomic mass is 9.88. The van der Waals surface area contributed by atoms with E-state index in [1.54, 1.807) is 100.0 Å². The van der Waals surface area contributed by atoms with Gasteiger partial charge in [0.1, 0.15) is 23.0 Å². The first-order valence-corrected chi connectivity index (χ1v) is 32.5. The summed E-state index contributed by atoms with van der Waals surface area (Å²) >= 11 is 0. The van der Waals surface area contributed by atoms with E-state index in [-0.39, 0.29) is 102 Å². The minimum absolute atomic E-state index is 0.0527. The minimum Gasteiger partial charge on any atom is -0.381 e. The van der Waals surface area contributed by atoms with Gasteiger partial charge in [-0.15, -0.1) is 0 Å². The van der Waals surface area contributed by atoms with Gasteiger partial charge < -0.3 is 65.3 Å². The lowest BCUT2D eigenvalue weighted by Crippen LogP contribution is -2.63. The van der Waals surface area contributed by atoms with Crippen LogP contribution < -0.4 is 37.2 Å². The molecule has 0 aliphatic carbocycles. The van der Waals surface area contributed by atoms with Gasteiger partial charge in [-0.1, -0.05) is 6.92 Å². The highest BCUT2D eigenvalue weighted by Crippen LogP contribution is 2.29.